The van der Waals surface area contributed by atoms with Crippen molar-refractivity contribution in [3.05, 3.63) is 72.3 Å². The zero-order valence-corrected chi connectivity index (χ0v) is 16.1. The molecular weight excluding hydrogens is 376 g/mol. The Bertz CT molecular complexity index is 1090. The van der Waals surface area contributed by atoms with Crippen LogP contribution < -0.4 is 5.32 Å². The molecule has 0 saturated carbocycles. The van der Waals surface area contributed by atoms with E-state index in [9.17, 15) is 9.90 Å². The lowest BCUT2D eigenvalue weighted by Gasteiger charge is -2.08. The molecule has 2 N–H and O–H groups in total. The average Bonchev–Trinajstić information content (AvgIpc) is 3.13. The summed E-state index contributed by atoms with van der Waals surface area (Å²) in [6.45, 7) is 0. The predicted octanol–water partition coefficient (Wildman–Crippen LogP) is 5.64. The number of benzene rings is 3. The molecule has 0 aliphatic rings. The number of thioether (sulfide) groups is 1. The smallest absolute Gasteiger partial charge is 0.255 e. The third kappa shape index (κ3) is 3.67. The molecule has 1 amide bonds. The minimum Gasteiger partial charge on any atom is -0.507 e. The summed E-state index contributed by atoms with van der Waals surface area (Å²) in [4.78, 5) is 18.2. The Balaban J connectivity index is 1.62. The van der Waals surface area contributed by atoms with Gasteiger partial charge in [0, 0.05) is 16.1 Å². The zero-order chi connectivity index (χ0) is 18.8. The van der Waals surface area contributed by atoms with Crippen molar-refractivity contribution in [3.8, 4) is 16.3 Å². The van der Waals surface area contributed by atoms with E-state index in [1.807, 2.05) is 42.7 Å². The van der Waals surface area contributed by atoms with Crippen molar-refractivity contribution in [1.29, 1.82) is 0 Å². The van der Waals surface area contributed by atoms with E-state index in [1.54, 1.807) is 42.1 Å². The van der Waals surface area contributed by atoms with Crippen LogP contribution >= 0.6 is 23.1 Å². The Labute approximate surface area is 164 Å². The number of phenolic OH excluding ortho intramolecular Hbond substituents is 1. The molecule has 0 bridgehead atoms. The standard InChI is InChI=1S/C21H16N2O2S2/c1-26-15-9-6-13(7-10-15)20(25)22-14-8-11-18(24)16(12-14)21-23-17-4-2-3-5-19(17)27-21/h2-12,24H,1H3,(H,22,25). The van der Waals surface area contributed by atoms with Gasteiger partial charge in [-0.25, -0.2) is 4.98 Å². The molecule has 0 radical (unpaired) electrons. The summed E-state index contributed by atoms with van der Waals surface area (Å²) in [5.41, 5.74) is 2.69. The summed E-state index contributed by atoms with van der Waals surface area (Å²) in [5.74, 6) is -0.0556. The predicted molar refractivity (Wildman–Crippen MR) is 113 cm³/mol. The Morgan fingerprint density at radius 2 is 1.85 bits per heavy atom. The van der Waals surface area contributed by atoms with E-state index >= 15 is 0 Å². The van der Waals surface area contributed by atoms with Crippen molar-refractivity contribution in [2.45, 2.75) is 4.90 Å². The Hall–Kier alpha value is -2.83. The second-order valence-corrected chi connectivity index (χ2v) is 7.81. The monoisotopic (exact) mass is 392 g/mol. The summed E-state index contributed by atoms with van der Waals surface area (Å²) in [6, 6.07) is 20.3. The van der Waals surface area contributed by atoms with Crippen LogP contribution in [0.3, 0.4) is 0 Å². The third-order valence-corrected chi connectivity index (χ3v) is 5.94. The fraction of sp³-hybridized carbons (Fsp3) is 0.0476. The van der Waals surface area contributed by atoms with Gasteiger partial charge < -0.3 is 10.4 Å². The number of aromatic nitrogens is 1. The van der Waals surface area contributed by atoms with Gasteiger partial charge in [0.2, 0.25) is 0 Å². The highest BCUT2D eigenvalue weighted by Gasteiger charge is 2.13. The van der Waals surface area contributed by atoms with E-state index in [0.717, 1.165) is 15.1 Å². The van der Waals surface area contributed by atoms with Gasteiger partial charge in [0.1, 0.15) is 10.8 Å². The van der Waals surface area contributed by atoms with E-state index in [2.05, 4.69) is 10.3 Å². The third-order valence-electron chi connectivity index (χ3n) is 4.13. The van der Waals surface area contributed by atoms with E-state index in [1.165, 1.54) is 11.3 Å². The molecular formula is C21H16N2O2S2. The first-order valence-corrected chi connectivity index (χ1v) is 10.3. The topological polar surface area (TPSA) is 62.2 Å². The second-order valence-electron chi connectivity index (χ2n) is 5.90. The van der Waals surface area contributed by atoms with Gasteiger partial charge in [0.25, 0.3) is 5.91 Å². The van der Waals surface area contributed by atoms with E-state index in [4.69, 9.17) is 0 Å². The first-order valence-electron chi connectivity index (χ1n) is 8.28. The van der Waals surface area contributed by atoms with Gasteiger partial charge in [0.15, 0.2) is 0 Å². The van der Waals surface area contributed by atoms with Crippen LogP contribution in [-0.2, 0) is 0 Å². The molecule has 0 saturated heterocycles. The Morgan fingerprint density at radius 1 is 1.07 bits per heavy atom. The van der Waals surface area contributed by atoms with Crippen molar-refractivity contribution >= 4 is 44.9 Å². The number of anilines is 1. The number of amides is 1. The molecule has 0 fully saturated rings. The number of hydrogen-bond donors (Lipinski definition) is 2. The highest BCUT2D eigenvalue weighted by molar-refractivity contribution is 7.98. The molecule has 0 aliphatic heterocycles. The van der Waals surface area contributed by atoms with Gasteiger partial charge in [-0.05, 0) is 60.9 Å². The number of para-hydroxylation sites is 1. The van der Waals surface area contributed by atoms with Gasteiger partial charge in [-0.1, -0.05) is 12.1 Å². The van der Waals surface area contributed by atoms with Crippen molar-refractivity contribution in [1.82, 2.24) is 4.98 Å². The molecule has 4 nitrogen and oxygen atoms in total. The quantitative estimate of drug-likeness (QED) is 0.348. The highest BCUT2D eigenvalue weighted by Crippen LogP contribution is 2.36. The minimum absolute atomic E-state index is 0.136. The highest BCUT2D eigenvalue weighted by atomic mass is 32.2. The number of carbonyl (C=O) groups is 1. The number of aromatic hydroxyl groups is 1. The molecule has 0 unspecified atom stereocenters. The van der Waals surface area contributed by atoms with Crippen LogP contribution in [0.5, 0.6) is 5.75 Å². The van der Waals surface area contributed by atoms with Gasteiger partial charge >= 0.3 is 0 Å². The normalized spacial score (nSPS) is 10.9. The average molecular weight is 393 g/mol. The van der Waals surface area contributed by atoms with Gasteiger partial charge in [-0.15, -0.1) is 23.1 Å². The number of thiazole rings is 1. The van der Waals surface area contributed by atoms with Crippen LogP contribution in [0.15, 0.2) is 71.6 Å². The maximum atomic E-state index is 12.5. The lowest BCUT2D eigenvalue weighted by molar-refractivity contribution is 0.102. The molecule has 1 heterocycles. The largest absolute Gasteiger partial charge is 0.507 e. The Morgan fingerprint density at radius 3 is 2.59 bits per heavy atom. The summed E-state index contributed by atoms with van der Waals surface area (Å²) in [5, 5.41) is 13.9. The number of nitrogens with zero attached hydrogens (tertiary/aromatic N) is 1. The zero-order valence-electron chi connectivity index (χ0n) is 14.5. The summed E-state index contributed by atoms with van der Waals surface area (Å²) in [7, 11) is 0. The number of phenols is 1. The summed E-state index contributed by atoms with van der Waals surface area (Å²) in [6.07, 6.45) is 2.00. The SMILES string of the molecule is CSc1ccc(C(=O)Nc2ccc(O)c(-c3nc4ccccc4s3)c2)cc1. The van der Waals surface area contributed by atoms with Crippen molar-refractivity contribution in [2.24, 2.45) is 0 Å². The van der Waals surface area contributed by atoms with Gasteiger partial charge in [-0.2, -0.15) is 0 Å². The lowest BCUT2D eigenvalue weighted by atomic mass is 10.1. The molecule has 6 heteroatoms. The number of rotatable bonds is 4. The summed E-state index contributed by atoms with van der Waals surface area (Å²) >= 11 is 3.14. The molecule has 1 aromatic heterocycles. The second kappa shape index (κ2) is 7.42. The van der Waals surface area contributed by atoms with Crippen LogP contribution in [0.2, 0.25) is 0 Å². The maximum absolute atomic E-state index is 12.5. The lowest BCUT2D eigenvalue weighted by Crippen LogP contribution is -2.11. The molecule has 0 aliphatic carbocycles. The number of carbonyl (C=O) groups excluding carboxylic acids is 1. The minimum atomic E-state index is -0.191. The number of fused-ring (bicyclic) bond motifs is 1. The molecule has 4 aromatic rings. The van der Waals surface area contributed by atoms with E-state index in [-0.39, 0.29) is 11.7 Å². The molecule has 27 heavy (non-hydrogen) atoms. The first-order chi connectivity index (χ1) is 13.1. The number of hydrogen-bond acceptors (Lipinski definition) is 5. The van der Waals surface area contributed by atoms with Crippen LogP contribution in [0.1, 0.15) is 10.4 Å². The van der Waals surface area contributed by atoms with E-state index < -0.39 is 0 Å². The molecule has 0 atom stereocenters. The van der Waals surface area contributed by atoms with Crippen LogP contribution in [0.4, 0.5) is 5.69 Å². The first kappa shape index (κ1) is 17.6. The van der Waals surface area contributed by atoms with Gasteiger partial charge in [0.05, 0.1) is 15.8 Å². The molecule has 3 aromatic carbocycles. The van der Waals surface area contributed by atoms with Crippen molar-refractivity contribution in [3.63, 3.8) is 0 Å². The van der Waals surface area contributed by atoms with Gasteiger partial charge in [-0.3, -0.25) is 4.79 Å². The van der Waals surface area contributed by atoms with E-state index in [0.29, 0.717) is 21.8 Å². The fourth-order valence-electron chi connectivity index (χ4n) is 2.72. The molecule has 0 spiro atoms. The maximum Gasteiger partial charge on any atom is 0.255 e. The van der Waals surface area contributed by atoms with Crippen LogP contribution in [0, 0.1) is 0 Å². The van der Waals surface area contributed by atoms with Crippen molar-refractivity contribution < 1.29 is 9.90 Å². The van der Waals surface area contributed by atoms with Crippen molar-refractivity contribution in [2.75, 3.05) is 11.6 Å². The Kier molecular flexibility index (Phi) is 4.83. The molecule has 134 valence electrons. The fourth-order valence-corrected chi connectivity index (χ4v) is 4.12. The van der Waals surface area contributed by atoms with Crippen LogP contribution in [0.25, 0.3) is 20.8 Å². The van der Waals surface area contributed by atoms with Crippen LogP contribution in [-0.4, -0.2) is 22.3 Å². The summed E-state index contributed by atoms with van der Waals surface area (Å²) < 4.78 is 1.05. The molecule has 4 rings (SSSR count). The number of nitrogens with one attached hydrogen (secondary N) is 1.